The van der Waals surface area contributed by atoms with Crippen molar-refractivity contribution >= 4 is 0 Å². The smallest absolute Gasteiger partial charge is 0.0646 e. The van der Waals surface area contributed by atoms with Gasteiger partial charge in [-0.1, -0.05) is 0 Å². The molecule has 0 aliphatic carbocycles. The first-order chi connectivity index (χ1) is 5.43. The Kier molecular flexibility index (Phi) is 3.72. The molecule has 3 heteroatoms. The van der Waals surface area contributed by atoms with E-state index < -0.39 is 0 Å². The summed E-state index contributed by atoms with van der Waals surface area (Å²) in [6.07, 6.45) is 4.04. The lowest BCUT2D eigenvalue weighted by Crippen LogP contribution is -2.11. The van der Waals surface area contributed by atoms with Crippen LogP contribution in [0.25, 0.3) is 0 Å². The molecule has 0 aromatic carbocycles. The van der Waals surface area contributed by atoms with E-state index in [1.807, 2.05) is 24.5 Å². The fraction of sp³-hybridized carbons (Fsp3) is 0.500. The molecule has 0 bridgehead atoms. The van der Waals surface area contributed by atoms with Crippen LogP contribution < -0.4 is 5.73 Å². The van der Waals surface area contributed by atoms with Crippen molar-refractivity contribution in [1.29, 1.82) is 0 Å². The summed E-state index contributed by atoms with van der Waals surface area (Å²) in [7, 11) is 0. The Morgan fingerprint density at radius 3 is 2.55 bits per heavy atom. The van der Waals surface area contributed by atoms with Crippen LogP contribution in [-0.2, 0) is 11.3 Å². The number of rotatable bonds is 5. The highest BCUT2D eigenvalue weighted by Gasteiger charge is 1.87. The van der Waals surface area contributed by atoms with Crippen molar-refractivity contribution in [1.82, 2.24) is 4.57 Å². The molecule has 3 nitrogen and oxygen atoms in total. The van der Waals surface area contributed by atoms with E-state index in [0.29, 0.717) is 13.2 Å². The zero-order valence-electron chi connectivity index (χ0n) is 6.57. The molecule has 1 rings (SSSR count). The zero-order valence-corrected chi connectivity index (χ0v) is 6.57. The molecule has 0 unspecified atom stereocenters. The Morgan fingerprint density at radius 1 is 1.18 bits per heavy atom. The Morgan fingerprint density at radius 2 is 1.91 bits per heavy atom. The Hall–Kier alpha value is -0.800. The molecule has 0 atom stereocenters. The van der Waals surface area contributed by atoms with Gasteiger partial charge in [-0.05, 0) is 12.1 Å². The second-order valence-electron chi connectivity index (χ2n) is 2.32. The molecule has 0 fully saturated rings. The number of hydrogen-bond acceptors (Lipinski definition) is 2. The van der Waals surface area contributed by atoms with Crippen LogP contribution in [0.3, 0.4) is 0 Å². The van der Waals surface area contributed by atoms with Crippen molar-refractivity contribution in [2.75, 3.05) is 19.8 Å². The fourth-order valence-corrected chi connectivity index (χ4v) is 0.875. The van der Waals surface area contributed by atoms with E-state index in [1.54, 1.807) is 0 Å². The largest absolute Gasteiger partial charge is 0.378 e. The molecule has 2 N–H and O–H groups in total. The standard InChI is InChI=1S/C8H14N2O/c9-3-7-11-8-6-10-4-1-2-5-10/h1-2,4-5H,3,6-9H2. The van der Waals surface area contributed by atoms with Crippen molar-refractivity contribution in [3.05, 3.63) is 24.5 Å². The molecule has 0 saturated heterocycles. The number of hydrogen-bond donors (Lipinski definition) is 1. The first kappa shape index (κ1) is 8.30. The average Bonchev–Trinajstić information content (AvgIpc) is 2.50. The Bertz CT molecular complexity index is 172. The van der Waals surface area contributed by atoms with E-state index in [2.05, 4.69) is 4.57 Å². The molecule has 62 valence electrons. The molecule has 1 aromatic rings. The van der Waals surface area contributed by atoms with Crippen LogP contribution in [-0.4, -0.2) is 24.3 Å². The molecule has 0 spiro atoms. The highest BCUT2D eigenvalue weighted by molar-refractivity contribution is 4.89. The predicted octanol–water partition coefficient (Wildman–Crippen LogP) is 0.463. The van der Waals surface area contributed by atoms with Gasteiger partial charge in [0.2, 0.25) is 0 Å². The second-order valence-corrected chi connectivity index (χ2v) is 2.32. The third-order valence-electron chi connectivity index (χ3n) is 1.42. The SMILES string of the molecule is NCCOCCn1cccc1. The first-order valence-electron chi connectivity index (χ1n) is 3.82. The summed E-state index contributed by atoms with van der Waals surface area (Å²) in [5, 5.41) is 0. The van der Waals surface area contributed by atoms with Gasteiger partial charge in [-0.25, -0.2) is 0 Å². The van der Waals surface area contributed by atoms with Gasteiger partial charge >= 0.3 is 0 Å². The number of aromatic nitrogens is 1. The van der Waals surface area contributed by atoms with E-state index in [0.717, 1.165) is 13.2 Å². The van der Waals surface area contributed by atoms with E-state index in [9.17, 15) is 0 Å². The minimum atomic E-state index is 0.603. The molecular formula is C8H14N2O. The topological polar surface area (TPSA) is 40.2 Å². The van der Waals surface area contributed by atoms with Gasteiger partial charge in [0.05, 0.1) is 13.2 Å². The van der Waals surface area contributed by atoms with Crippen molar-refractivity contribution in [2.45, 2.75) is 6.54 Å². The molecule has 0 amide bonds. The molecule has 0 aliphatic rings. The number of ether oxygens (including phenoxy) is 1. The zero-order chi connectivity index (χ0) is 7.94. The normalized spacial score (nSPS) is 10.3. The summed E-state index contributed by atoms with van der Waals surface area (Å²) >= 11 is 0. The molecule has 11 heavy (non-hydrogen) atoms. The van der Waals surface area contributed by atoms with Crippen LogP contribution in [0.1, 0.15) is 0 Å². The van der Waals surface area contributed by atoms with Crippen molar-refractivity contribution in [3.8, 4) is 0 Å². The van der Waals surface area contributed by atoms with Gasteiger partial charge in [0, 0.05) is 25.5 Å². The molecule has 0 aliphatic heterocycles. The lowest BCUT2D eigenvalue weighted by molar-refractivity contribution is 0.133. The van der Waals surface area contributed by atoms with Crippen molar-refractivity contribution < 1.29 is 4.74 Å². The van der Waals surface area contributed by atoms with Crippen LogP contribution >= 0.6 is 0 Å². The summed E-state index contributed by atoms with van der Waals surface area (Å²) < 4.78 is 7.29. The molecule has 1 aromatic heterocycles. The van der Waals surface area contributed by atoms with E-state index in [4.69, 9.17) is 10.5 Å². The summed E-state index contributed by atoms with van der Waals surface area (Å²) in [5.41, 5.74) is 5.26. The number of nitrogens with two attached hydrogens (primary N) is 1. The first-order valence-corrected chi connectivity index (χ1v) is 3.82. The quantitative estimate of drug-likeness (QED) is 0.626. The highest BCUT2D eigenvalue weighted by atomic mass is 16.5. The van der Waals surface area contributed by atoms with Gasteiger partial charge < -0.3 is 15.0 Å². The summed E-state index contributed by atoms with van der Waals surface area (Å²) in [6.45, 7) is 2.91. The van der Waals surface area contributed by atoms with Crippen molar-refractivity contribution in [2.24, 2.45) is 5.73 Å². The monoisotopic (exact) mass is 154 g/mol. The maximum Gasteiger partial charge on any atom is 0.0646 e. The van der Waals surface area contributed by atoms with Crippen LogP contribution in [0.15, 0.2) is 24.5 Å². The molecular weight excluding hydrogens is 140 g/mol. The summed E-state index contributed by atoms with van der Waals surface area (Å²) in [4.78, 5) is 0. The minimum absolute atomic E-state index is 0.603. The fourth-order valence-electron chi connectivity index (χ4n) is 0.875. The van der Waals surface area contributed by atoms with Crippen LogP contribution in [0.4, 0.5) is 0 Å². The van der Waals surface area contributed by atoms with Gasteiger partial charge in [-0.3, -0.25) is 0 Å². The molecule has 1 heterocycles. The van der Waals surface area contributed by atoms with Gasteiger partial charge in [-0.15, -0.1) is 0 Å². The van der Waals surface area contributed by atoms with Crippen LogP contribution in [0, 0.1) is 0 Å². The highest BCUT2D eigenvalue weighted by Crippen LogP contribution is 1.89. The average molecular weight is 154 g/mol. The number of nitrogens with zero attached hydrogens (tertiary/aromatic N) is 1. The predicted molar refractivity (Wildman–Crippen MR) is 44.3 cm³/mol. The third-order valence-corrected chi connectivity index (χ3v) is 1.42. The minimum Gasteiger partial charge on any atom is -0.378 e. The maximum absolute atomic E-state index is 5.26. The van der Waals surface area contributed by atoms with E-state index in [1.165, 1.54) is 0 Å². The lowest BCUT2D eigenvalue weighted by Gasteiger charge is -2.02. The van der Waals surface area contributed by atoms with Gasteiger partial charge in [-0.2, -0.15) is 0 Å². The lowest BCUT2D eigenvalue weighted by atomic mass is 10.6. The van der Waals surface area contributed by atoms with Crippen LogP contribution in [0.2, 0.25) is 0 Å². The van der Waals surface area contributed by atoms with E-state index in [-0.39, 0.29) is 0 Å². The third kappa shape index (κ3) is 3.20. The molecule has 0 saturated carbocycles. The summed E-state index contributed by atoms with van der Waals surface area (Å²) in [6, 6.07) is 4.01. The molecule has 0 radical (unpaired) electrons. The van der Waals surface area contributed by atoms with Crippen LogP contribution in [0.5, 0.6) is 0 Å². The van der Waals surface area contributed by atoms with Gasteiger partial charge in [0.25, 0.3) is 0 Å². The second kappa shape index (κ2) is 4.93. The maximum atomic E-state index is 5.26. The Labute approximate surface area is 66.8 Å². The van der Waals surface area contributed by atoms with E-state index >= 15 is 0 Å². The Balaban J connectivity index is 2.04. The summed E-state index contributed by atoms with van der Waals surface area (Å²) in [5.74, 6) is 0. The van der Waals surface area contributed by atoms with Gasteiger partial charge in [0.15, 0.2) is 0 Å². The van der Waals surface area contributed by atoms with Gasteiger partial charge in [0.1, 0.15) is 0 Å². The van der Waals surface area contributed by atoms with Crippen molar-refractivity contribution in [3.63, 3.8) is 0 Å².